The molecule has 2 rings (SSSR count). The fraction of sp³-hybridized carbons (Fsp3) is 0.167. The van der Waals surface area contributed by atoms with E-state index in [9.17, 15) is 9.59 Å². The molecule has 26 heavy (non-hydrogen) atoms. The normalized spacial score (nSPS) is 11.0. The van der Waals surface area contributed by atoms with Crippen molar-refractivity contribution in [3.8, 4) is 5.75 Å². The van der Waals surface area contributed by atoms with Gasteiger partial charge in [-0.15, -0.1) is 0 Å². The lowest BCUT2D eigenvalue weighted by Crippen LogP contribution is -2.26. The lowest BCUT2D eigenvalue weighted by Gasteiger charge is -2.08. The van der Waals surface area contributed by atoms with Gasteiger partial charge in [0.2, 0.25) is 5.91 Å². The molecule has 0 spiro atoms. The van der Waals surface area contributed by atoms with Crippen LogP contribution in [0.15, 0.2) is 53.6 Å². The predicted molar refractivity (Wildman–Crippen MR) is 103 cm³/mol. The molecular formula is C18H17Cl2N3O3. The quantitative estimate of drug-likeness (QED) is 0.552. The van der Waals surface area contributed by atoms with Crippen LogP contribution in [0.25, 0.3) is 0 Å². The number of nitrogens with zero attached hydrogens (tertiary/aromatic N) is 1. The summed E-state index contributed by atoms with van der Waals surface area (Å²) in [5.74, 6) is -0.358. The molecule has 0 aliphatic heterocycles. The molecule has 0 radical (unpaired) electrons. The molecule has 2 N–H and O–H groups in total. The Kier molecular flexibility index (Phi) is 7.44. The van der Waals surface area contributed by atoms with Crippen LogP contribution in [0.1, 0.15) is 13.3 Å². The van der Waals surface area contributed by atoms with Crippen molar-refractivity contribution in [1.29, 1.82) is 0 Å². The molecule has 0 heterocycles. The number of anilines is 1. The van der Waals surface area contributed by atoms with Crippen LogP contribution in [-0.4, -0.2) is 24.1 Å². The van der Waals surface area contributed by atoms with Crippen LogP contribution in [0, 0.1) is 0 Å². The molecule has 2 aromatic carbocycles. The van der Waals surface area contributed by atoms with E-state index in [0.29, 0.717) is 27.2 Å². The van der Waals surface area contributed by atoms with Gasteiger partial charge in [-0.3, -0.25) is 9.59 Å². The molecule has 0 saturated heterocycles. The van der Waals surface area contributed by atoms with Gasteiger partial charge in [-0.2, -0.15) is 5.10 Å². The number of hydrogen-bond acceptors (Lipinski definition) is 4. The van der Waals surface area contributed by atoms with Crippen molar-refractivity contribution < 1.29 is 14.3 Å². The van der Waals surface area contributed by atoms with Crippen LogP contribution in [-0.2, 0) is 9.59 Å². The van der Waals surface area contributed by atoms with Gasteiger partial charge in [-0.25, -0.2) is 5.43 Å². The highest BCUT2D eigenvalue weighted by Gasteiger charge is 2.08. The van der Waals surface area contributed by atoms with Crippen LogP contribution in [0.4, 0.5) is 5.69 Å². The monoisotopic (exact) mass is 393 g/mol. The number of hydrazone groups is 1. The van der Waals surface area contributed by atoms with Crippen molar-refractivity contribution in [3.63, 3.8) is 0 Å². The van der Waals surface area contributed by atoms with E-state index >= 15 is 0 Å². The average Bonchev–Trinajstić information content (AvgIpc) is 2.60. The Morgan fingerprint density at radius 1 is 1.08 bits per heavy atom. The summed E-state index contributed by atoms with van der Waals surface area (Å²) in [4.78, 5) is 23.7. The number of para-hydroxylation sites is 1. The molecule has 0 aromatic heterocycles. The number of nitrogens with one attached hydrogen (secondary N) is 2. The third-order valence-electron chi connectivity index (χ3n) is 3.10. The average molecular weight is 394 g/mol. The molecule has 0 saturated carbocycles. The van der Waals surface area contributed by atoms with Crippen molar-refractivity contribution in [2.75, 3.05) is 11.9 Å². The number of rotatable bonds is 7. The van der Waals surface area contributed by atoms with Gasteiger partial charge >= 0.3 is 0 Å². The SMILES string of the molecule is C/C(CC(=O)Nc1ccccc1)=N/NC(=O)COc1ccc(Cl)cc1Cl. The summed E-state index contributed by atoms with van der Waals surface area (Å²) in [5, 5.41) is 7.39. The maximum Gasteiger partial charge on any atom is 0.277 e. The Labute approximate surface area is 161 Å². The number of carbonyl (C=O) groups is 2. The van der Waals surface area contributed by atoms with E-state index in [-0.39, 0.29) is 18.9 Å². The van der Waals surface area contributed by atoms with Crippen LogP contribution < -0.4 is 15.5 Å². The molecule has 0 fully saturated rings. The van der Waals surface area contributed by atoms with Crippen molar-refractivity contribution in [1.82, 2.24) is 5.43 Å². The molecule has 0 aliphatic carbocycles. The highest BCUT2D eigenvalue weighted by Crippen LogP contribution is 2.27. The molecule has 2 amide bonds. The third kappa shape index (κ3) is 6.74. The fourth-order valence-electron chi connectivity index (χ4n) is 1.92. The molecule has 0 atom stereocenters. The first-order valence-electron chi connectivity index (χ1n) is 7.69. The van der Waals surface area contributed by atoms with Crippen molar-refractivity contribution >= 4 is 46.4 Å². The van der Waals surface area contributed by atoms with Gasteiger partial charge in [0.15, 0.2) is 6.61 Å². The highest BCUT2D eigenvalue weighted by molar-refractivity contribution is 6.35. The van der Waals surface area contributed by atoms with E-state index in [1.165, 1.54) is 6.07 Å². The van der Waals surface area contributed by atoms with E-state index in [4.69, 9.17) is 27.9 Å². The standard InChI is InChI=1S/C18H17Cl2N3O3/c1-12(9-17(24)21-14-5-3-2-4-6-14)22-23-18(25)11-26-16-8-7-13(19)10-15(16)20/h2-8,10H,9,11H2,1H3,(H,21,24)(H,23,25)/b22-12-. The van der Waals surface area contributed by atoms with E-state index < -0.39 is 5.91 Å². The zero-order valence-corrected chi connectivity index (χ0v) is 15.5. The summed E-state index contributed by atoms with van der Waals surface area (Å²) < 4.78 is 5.29. The zero-order chi connectivity index (χ0) is 18.9. The summed E-state index contributed by atoms with van der Waals surface area (Å²) in [5.41, 5.74) is 3.48. The molecule has 0 unspecified atom stereocenters. The maximum absolute atomic E-state index is 11.9. The smallest absolute Gasteiger partial charge is 0.277 e. The molecule has 0 bridgehead atoms. The van der Waals surface area contributed by atoms with E-state index in [0.717, 1.165) is 0 Å². The van der Waals surface area contributed by atoms with Crippen molar-refractivity contribution in [2.45, 2.75) is 13.3 Å². The third-order valence-corrected chi connectivity index (χ3v) is 3.63. The second kappa shape index (κ2) is 9.79. The van der Waals surface area contributed by atoms with Gasteiger partial charge in [0.05, 0.1) is 11.4 Å². The zero-order valence-electron chi connectivity index (χ0n) is 14.0. The predicted octanol–water partition coefficient (Wildman–Crippen LogP) is 3.89. The van der Waals surface area contributed by atoms with Gasteiger partial charge in [-0.1, -0.05) is 41.4 Å². The van der Waals surface area contributed by atoms with E-state index in [1.54, 1.807) is 31.2 Å². The van der Waals surface area contributed by atoms with Crippen LogP contribution in [0.2, 0.25) is 10.0 Å². The minimum absolute atomic E-state index is 0.0546. The number of ether oxygens (including phenoxy) is 1. The molecule has 0 aliphatic rings. The second-order valence-corrected chi connectivity index (χ2v) is 6.18. The molecule has 136 valence electrons. The van der Waals surface area contributed by atoms with Crippen molar-refractivity contribution in [2.24, 2.45) is 5.10 Å². The van der Waals surface area contributed by atoms with Gasteiger partial charge in [0.1, 0.15) is 5.75 Å². The first-order valence-corrected chi connectivity index (χ1v) is 8.44. The Morgan fingerprint density at radius 2 is 1.81 bits per heavy atom. The Bertz CT molecular complexity index is 811. The molecule has 6 nitrogen and oxygen atoms in total. The summed E-state index contributed by atoms with van der Waals surface area (Å²) in [6.07, 6.45) is 0.0546. The fourth-order valence-corrected chi connectivity index (χ4v) is 2.39. The number of benzene rings is 2. The summed E-state index contributed by atoms with van der Waals surface area (Å²) >= 11 is 11.7. The van der Waals surface area contributed by atoms with Crippen LogP contribution in [0.3, 0.4) is 0 Å². The van der Waals surface area contributed by atoms with E-state index in [1.807, 2.05) is 18.2 Å². The Hall–Kier alpha value is -2.57. The highest BCUT2D eigenvalue weighted by atomic mass is 35.5. The summed E-state index contributed by atoms with van der Waals surface area (Å²) in [6, 6.07) is 13.8. The number of halogens is 2. The Balaban J connectivity index is 1.76. The molecular weight excluding hydrogens is 377 g/mol. The number of hydrogen-bond donors (Lipinski definition) is 2. The Morgan fingerprint density at radius 3 is 2.50 bits per heavy atom. The van der Waals surface area contributed by atoms with Gasteiger partial charge in [0, 0.05) is 16.4 Å². The lowest BCUT2D eigenvalue weighted by atomic mass is 10.2. The summed E-state index contributed by atoms with van der Waals surface area (Å²) in [6.45, 7) is 1.37. The van der Waals surface area contributed by atoms with Crippen LogP contribution >= 0.6 is 23.2 Å². The maximum atomic E-state index is 11.9. The van der Waals surface area contributed by atoms with Crippen molar-refractivity contribution in [3.05, 3.63) is 58.6 Å². The van der Waals surface area contributed by atoms with Crippen LogP contribution in [0.5, 0.6) is 5.75 Å². The summed E-state index contributed by atoms with van der Waals surface area (Å²) in [7, 11) is 0. The first kappa shape index (κ1) is 19.8. The minimum Gasteiger partial charge on any atom is -0.482 e. The number of carbonyl (C=O) groups excluding carboxylic acids is 2. The second-order valence-electron chi connectivity index (χ2n) is 5.34. The lowest BCUT2D eigenvalue weighted by molar-refractivity contribution is -0.123. The largest absolute Gasteiger partial charge is 0.482 e. The van der Waals surface area contributed by atoms with Gasteiger partial charge in [0.25, 0.3) is 5.91 Å². The molecule has 8 heteroatoms. The topological polar surface area (TPSA) is 79.8 Å². The van der Waals surface area contributed by atoms with Gasteiger partial charge in [-0.05, 0) is 37.3 Å². The van der Waals surface area contributed by atoms with E-state index in [2.05, 4.69) is 15.8 Å². The molecule has 2 aromatic rings. The first-order chi connectivity index (χ1) is 12.4. The van der Waals surface area contributed by atoms with Gasteiger partial charge < -0.3 is 10.1 Å². The minimum atomic E-state index is -0.473. The number of amides is 2.